The van der Waals surface area contributed by atoms with E-state index in [1.165, 1.54) is 0 Å². The average Bonchev–Trinajstić information content (AvgIpc) is 2.75. The molecule has 1 atom stereocenters. The smallest absolute Gasteiger partial charge is 0.228 e. The van der Waals surface area contributed by atoms with Gasteiger partial charge < -0.3 is 9.64 Å². The van der Waals surface area contributed by atoms with E-state index >= 15 is 0 Å². The lowest BCUT2D eigenvalue weighted by atomic mass is 9.95. The van der Waals surface area contributed by atoms with Crippen LogP contribution in [0.5, 0.6) is 5.88 Å². The van der Waals surface area contributed by atoms with Crippen LogP contribution in [0.1, 0.15) is 32.9 Å². The molecule has 1 fully saturated rings. The summed E-state index contributed by atoms with van der Waals surface area (Å²) in [6.07, 6.45) is 0.929. The first-order valence-electron chi connectivity index (χ1n) is 6.76. The average molecular weight is 262 g/mol. The van der Waals surface area contributed by atoms with Crippen molar-refractivity contribution in [2.24, 2.45) is 5.41 Å². The van der Waals surface area contributed by atoms with E-state index in [1.54, 1.807) is 0 Å². The van der Waals surface area contributed by atoms with Crippen molar-refractivity contribution in [1.29, 1.82) is 0 Å². The summed E-state index contributed by atoms with van der Waals surface area (Å²) in [5, 5.41) is 0. The maximum atomic E-state index is 12.2. The van der Waals surface area contributed by atoms with Crippen LogP contribution in [0.15, 0.2) is 18.2 Å². The molecule has 4 nitrogen and oxygen atoms in total. The summed E-state index contributed by atoms with van der Waals surface area (Å²) >= 11 is 0. The van der Waals surface area contributed by atoms with Gasteiger partial charge in [-0.05, 0) is 13.0 Å². The highest BCUT2D eigenvalue weighted by atomic mass is 16.5. The van der Waals surface area contributed by atoms with Crippen molar-refractivity contribution in [3.63, 3.8) is 0 Å². The SMILES string of the molecule is Cc1cccc(O[C@@H]2CCN(C(=O)C(C)(C)C)C2)n1. The zero-order valence-electron chi connectivity index (χ0n) is 12.1. The minimum absolute atomic E-state index is 0.0561. The van der Waals surface area contributed by atoms with Crippen LogP contribution in [0.25, 0.3) is 0 Å². The van der Waals surface area contributed by atoms with E-state index in [9.17, 15) is 4.79 Å². The number of carbonyl (C=O) groups excluding carboxylic acids is 1. The standard InChI is InChI=1S/C15H22N2O2/c1-11-6-5-7-13(16-11)19-12-8-9-17(10-12)14(18)15(2,3)4/h5-7,12H,8-10H2,1-4H3/t12-/m1/s1. The van der Waals surface area contributed by atoms with Gasteiger partial charge in [0.1, 0.15) is 6.10 Å². The van der Waals surface area contributed by atoms with Crippen LogP contribution in [0.2, 0.25) is 0 Å². The summed E-state index contributed by atoms with van der Waals surface area (Å²) in [6.45, 7) is 9.22. The second-order valence-corrected chi connectivity index (χ2v) is 6.15. The van der Waals surface area contributed by atoms with Crippen molar-refractivity contribution in [3.8, 4) is 5.88 Å². The molecule has 104 valence electrons. The zero-order chi connectivity index (χ0) is 14.0. The number of aryl methyl sites for hydroxylation is 1. The van der Waals surface area contributed by atoms with Gasteiger partial charge in [-0.1, -0.05) is 26.8 Å². The molecule has 2 heterocycles. The first kappa shape index (κ1) is 13.8. The fourth-order valence-electron chi connectivity index (χ4n) is 2.24. The fourth-order valence-corrected chi connectivity index (χ4v) is 2.24. The molecule has 0 saturated carbocycles. The molecule has 1 saturated heterocycles. The highest BCUT2D eigenvalue weighted by Gasteiger charge is 2.33. The third-order valence-corrected chi connectivity index (χ3v) is 3.22. The number of amides is 1. The summed E-state index contributed by atoms with van der Waals surface area (Å²) in [4.78, 5) is 18.4. The van der Waals surface area contributed by atoms with Gasteiger partial charge in [-0.2, -0.15) is 0 Å². The summed E-state index contributed by atoms with van der Waals surface area (Å²) in [5.74, 6) is 0.839. The Kier molecular flexibility index (Phi) is 3.78. The largest absolute Gasteiger partial charge is 0.472 e. The molecule has 0 bridgehead atoms. The molecule has 0 radical (unpaired) electrons. The lowest BCUT2D eigenvalue weighted by molar-refractivity contribution is -0.138. The summed E-state index contributed by atoms with van der Waals surface area (Å²) in [5.41, 5.74) is 0.620. The molecule has 1 aliphatic rings. The van der Waals surface area contributed by atoms with Crippen LogP contribution in [0, 0.1) is 12.3 Å². The van der Waals surface area contributed by atoms with E-state index < -0.39 is 0 Å². The Morgan fingerprint density at radius 3 is 2.79 bits per heavy atom. The number of aromatic nitrogens is 1. The van der Waals surface area contributed by atoms with Gasteiger partial charge in [-0.25, -0.2) is 4.98 Å². The molecule has 0 N–H and O–H groups in total. The van der Waals surface area contributed by atoms with Crippen molar-refractivity contribution >= 4 is 5.91 Å². The van der Waals surface area contributed by atoms with Crippen LogP contribution in [0.3, 0.4) is 0 Å². The van der Waals surface area contributed by atoms with Gasteiger partial charge in [0.15, 0.2) is 0 Å². The van der Waals surface area contributed by atoms with Gasteiger partial charge in [0.05, 0.1) is 6.54 Å². The van der Waals surface area contributed by atoms with E-state index in [-0.39, 0.29) is 17.4 Å². The highest BCUT2D eigenvalue weighted by Crippen LogP contribution is 2.23. The Bertz CT molecular complexity index is 465. The number of hydrogen-bond donors (Lipinski definition) is 0. The van der Waals surface area contributed by atoms with Crippen molar-refractivity contribution in [1.82, 2.24) is 9.88 Å². The molecular formula is C15H22N2O2. The Morgan fingerprint density at radius 1 is 1.42 bits per heavy atom. The summed E-state index contributed by atoms with van der Waals surface area (Å²) in [6, 6.07) is 5.74. The molecule has 0 unspecified atom stereocenters. The molecule has 0 aromatic carbocycles. The topological polar surface area (TPSA) is 42.4 Å². The molecule has 0 spiro atoms. The first-order chi connectivity index (χ1) is 8.86. The van der Waals surface area contributed by atoms with Crippen LogP contribution in [-0.2, 0) is 4.79 Å². The van der Waals surface area contributed by atoms with Crippen LogP contribution < -0.4 is 4.74 Å². The quantitative estimate of drug-likeness (QED) is 0.822. The maximum Gasteiger partial charge on any atom is 0.228 e. The lowest BCUT2D eigenvalue weighted by Gasteiger charge is -2.25. The Balaban J connectivity index is 1.94. The molecule has 0 aliphatic carbocycles. The number of ether oxygens (including phenoxy) is 1. The summed E-state index contributed by atoms with van der Waals surface area (Å²) < 4.78 is 5.84. The normalized spacial score (nSPS) is 19.6. The van der Waals surface area contributed by atoms with Crippen molar-refractivity contribution in [2.45, 2.75) is 40.2 Å². The van der Waals surface area contributed by atoms with Gasteiger partial charge >= 0.3 is 0 Å². The van der Waals surface area contributed by atoms with Gasteiger partial charge in [-0.15, -0.1) is 0 Å². The molecule has 2 rings (SSSR count). The number of likely N-dealkylation sites (tertiary alicyclic amines) is 1. The van der Waals surface area contributed by atoms with Crippen molar-refractivity contribution in [3.05, 3.63) is 23.9 Å². The molecule has 1 aliphatic heterocycles. The zero-order valence-corrected chi connectivity index (χ0v) is 12.1. The number of carbonyl (C=O) groups is 1. The van der Waals surface area contributed by atoms with Gasteiger partial charge in [0, 0.05) is 30.1 Å². The van der Waals surface area contributed by atoms with Gasteiger partial charge in [-0.3, -0.25) is 4.79 Å². The lowest BCUT2D eigenvalue weighted by Crippen LogP contribution is -2.38. The first-order valence-corrected chi connectivity index (χ1v) is 6.76. The number of hydrogen-bond acceptors (Lipinski definition) is 3. The Hall–Kier alpha value is -1.58. The van der Waals surface area contributed by atoms with Crippen LogP contribution >= 0.6 is 0 Å². The summed E-state index contributed by atoms with van der Waals surface area (Å²) in [7, 11) is 0. The van der Waals surface area contributed by atoms with E-state index in [1.807, 2.05) is 50.8 Å². The Labute approximate surface area is 114 Å². The van der Waals surface area contributed by atoms with Crippen molar-refractivity contribution < 1.29 is 9.53 Å². The van der Waals surface area contributed by atoms with Gasteiger partial charge in [0.25, 0.3) is 0 Å². The second kappa shape index (κ2) is 5.19. The predicted molar refractivity (Wildman–Crippen MR) is 74.0 cm³/mol. The third kappa shape index (κ3) is 3.46. The molecule has 4 heteroatoms. The number of pyridine rings is 1. The second-order valence-electron chi connectivity index (χ2n) is 6.15. The predicted octanol–water partition coefficient (Wildman–Crippen LogP) is 2.42. The van der Waals surface area contributed by atoms with Crippen LogP contribution in [-0.4, -0.2) is 35.0 Å². The number of nitrogens with zero attached hydrogens (tertiary/aromatic N) is 2. The minimum Gasteiger partial charge on any atom is -0.472 e. The maximum absolute atomic E-state index is 12.2. The molecule has 1 amide bonds. The van der Waals surface area contributed by atoms with Crippen molar-refractivity contribution in [2.75, 3.05) is 13.1 Å². The van der Waals surface area contributed by atoms with E-state index in [4.69, 9.17) is 4.74 Å². The fraction of sp³-hybridized carbons (Fsp3) is 0.600. The molecule has 1 aromatic rings. The monoisotopic (exact) mass is 262 g/mol. The number of rotatable bonds is 2. The van der Waals surface area contributed by atoms with Gasteiger partial charge in [0.2, 0.25) is 11.8 Å². The van der Waals surface area contributed by atoms with E-state index in [0.29, 0.717) is 12.4 Å². The Morgan fingerprint density at radius 2 is 2.16 bits per heavy atom. The van der Waals surface area contributed by atoms with E-state index in [0.717, 1.165) is 18.7 Å². The highest BCUT2D eigenvalue weighted by molar-refractivity contribution is 5.81. The third-order valence-electron chi connectivity index (χ3n) is 3.22. The molecule has 1 aromatic heterocycles. The van der Waals surface area contributed by atoms with E-state index in [2.05, 4.69) is 4.98 Å². The minimum atomic E-state index is -0.323. The molecule has 19 heavy (non-hydrogen) atoms. The van der Waals surface area contributed by atoms with Crippen LogP contribution in [0.4, 0.5) is 0 Å². The molecular weight excluding hydrogens is 240 g/mol.